The van der Waals surface area contributed by atoms with Gasteiger partial charge in [-0.3, -0.25) is 0 Å². The molecule has 1 heterocycles. The molecule has 0 aliphatic carbocycles. The van der Waals surface area contributed by atoms with Crippen LogP contribution in [0.3, 0.4) is 0 Å². The SMILES string of the molecule is CCC(O)(c1cccc(Br)c1)C1NCc2ccccc21. The minimum Gasteiger partial charge on any atom is -0.383 e. The van der Waals surface area contributed by atoms with Gasteiger partial charge in [0.25, 0.3) is 0 Å². The Morgan fingerprint density at radius 2 is 2.05 bits per heavy atom. The Kier molecular flexibility index (Phi) is 3.67. The van der Waals surface area contributed by atoms with Gasteiger partial charge < -0.3 is 10.4 Å². The van der Waals surface area contributed by atoms with Gasteiger partial charge in [0.05, 0.1) is 6.04 Å². The largest absolute Gasteiger partial charge is 0.383 e. The number of aliphatic hydroxyl groups is 1. The summed E-state index contributed by atoms with van der Waals surface area (Å²) in [6, 6.07) is 16.2. The average molecular weight is 332 g/mol. The van der Waals surface area contributed by atoms with Crippen LogP contribution in [0.4, 0.5) is 0 Å². The summed E-state index contributed by atoms with van der Waals surface area (Å²) in [7, 11) is 0. The van der Waals surface area contributed by atoms with Crippen LogP contribution in [0.2, 0.25) is 0 Å². The molecule has 0 fully saturated rings. The van der Waals surface area contributed by atoms with Gasteiger partial charge in [-0.1, -0.05) is 59.3 Å². The zero-order chi connectivity index (χ0) is 14.2. The first-order chi connectivity index (χ1) is 9.65. The van der Waals surface area contributed by atoms with Crippen LogP contribution in [0.1, 0.15) is 36.1 Å². The van der Waals surface area contributed by atoms with E-state index in [4.69, 9.17) is 0 Å². The van der Waals surface area contributed by atoms with Crippen molar-refractivity contribution in [3.05, 3.63) is 69.7 Å². The van der Waals surface area contributed by atoms with Crippen molar-refractivity contribution in [1.29, 1.82) is 0 Å². The fourth-order valence-corrected chi connectivity index (χ4v) is 3.46. The molecule has 0 spiro atoms. The van der Waals surface area contributed by atoms with Crippen LogP contribution in [0.25, 0.3) is 0 Å². The number of fused-ring (bicyclic) bond motifs is 1. The number of benzene rings is 2. The van der Waals surface area contributed by atoms with Gasteiger partial charge in [-0.2, -0.15) is 0 Å². The Morgan fingerprint density at radius 3 is 2.80 bits per heavy atom. The molecular weight excluding hydrogens is 314 g/mol. The molecule has 2 aromatic carbocycles. The van der Waals surface area contributed by atoms with Crippen molar-refractivity contribution in [2.75, 3.05) is 0 Å². The van der Waals surface area contributed by atoms with E-state index in [0.717, 1.165) is 16.6 Å². The van der Waals surface area contributed by atoms with E-state index in [0.29, 0.717) is 6.42 Å². The molecule has 1 aliphatic heterocycles. The van der Waals surface area contributed by atoms with Crippen LogP contribution in [0.5, 0.6) is 0 Å². The van der Waals surface area contributed by atoms with Crippen LogP contribution in [-0.4, -0.2) is 5.11 Å². The van der Waals surface area contributed by atoms with Crippen molar-refractivity contribution in [1.82, 2.24) is 5.32 Å². The standard InChI is InChI=1S/C17H18BrNO/c1-2-17(20,13-7-5-8-14(18)10-13)16-15-9-4-3-6-12(15)11-19-16/h3-10,16,19-20H,2,11H2,1H3. The predicted molar refractivity (Wildman–Crippen MR) is 84.4 cm³/mol. The van der Waals surface area contributed by atoms with Crippen LogP contribution in [0.15, 0.2) is 53.0 Å². The van der Waals surface area contributed by atoms with Crippen molar-refractivity contribution in [2.24, 2.45) is 0 Å². The molecule has 0 radical (unpaired) electrons. The highest BCUT2D eigenvalue weighted by atomic mass is 79.9. The number of hydrogen-bond acceptors (Lipinski definition) is 2. The number of nitrogens with one attached hydrogen (secondary N) is 1. The molecule has 2 N–H and O–H groups in total. The van der Waals surface area contributed by atoms with Crippen LogP contribution >= 0.6 is 15.9 Å². The third-order valence-corrected chi connectivity index (χ3v) is 4.70. The maximum absolute atomic E-state index is 11.3. The Morgan fingerprint density at radius 1 is 1.25 bits per heavy atom. The first-order valence-corrected chi connectivity index (χ1v) is 7.74. The van der Waals surface area contributed by atoms with Gasteiger partial charge in [-0.05, 0) is 35.2 Å². The van der Waals surface area contributed by atoms with E-state index in [1.165, 1.54) is 11.1 Å². The van der Waals surface area contributed by atoms with E-state index < -0.39 is 5.60 Å². The maximum atomic E-state index is 11.3. The summed E-state index contributed by atoms with van der Waals surface area (Å²) in [6.07, 6.45) is 0.662. The summed E-state index contributed by atoms with van der Waals surface area (Å²) in [5.41, 5.74) is 2.54. The van der Waals surface area contributed by atoms with Gasteiger partial charge in [0, 0.05) is 11.0 Å². The highest BCUT2D eigenvalue weighted by molar-refractivity contribution is 9.10. The summed E-state index contributed by atoms with van der Waals surface area (Å²) < 4.78 is 0.994. The quantitative estimate of drug-likeness (QED) is 0.894. The van der Waals surface area contributed by atoms with Gasteiger partial charge in [0.1, 0.15) is 5.60 Å². The third-order valence-electron chi connectivity index (χ3n) is 4.20. The molecule has 2 aromatic rings. The molecule has 0 saturated heterocycles. The normalized spacial score (nSPS) is 20.4. The zero-order valence-electron chi connectivity index (χ0n) is 11.4. The molecule has 3 heteroatoms. The second kappa shape index (κ2) is 5.32. The van der Waals surface area contributed by atoms with Crippen molar-refractivity contribution < 1.29 is 5.11 Å². The van der Waals surface area contributed by atoms with Crippen molar-refractivity contribution >= 4 is 15.9 Å². The number of halogens is 1. The average Bonchev–Trinajstić information content (AvgIpc) is 2.91. The molecular formula is C17H18BrNO. The Balaban J connectivity index is 2.06. The van der Waals surface area contributed by atoms with E-state index in [-0.39, 0.29) is 6.04 Å². The van der Waals surface area contributed by atoms with Crippen molar-refractivity contribution in [2.45, 2.75) is 31.5 Å². The van der Waals surface area contributed by atoms with Gasteiger partial charge >= 0.3 is 0 Å². The molecule has 0 amide bonds. The molecule has 3 rings (SSSR count). The molecule has 2 atom stereocenters. The van der Waals surface area contributed by atoms with E-state index in [2.05, 4.69) is 33.4 Å². The molecule has 20 heavy (non-hydrogen) atoms. The minimum absolute atomic E-state index is 0.0574. The Bertz CT molecular complexity index is 628. The van der Waals surface area contributed by atoms with Crippen LogP contribution in [-0.2, 0) is 12.1 Å². The molecule has 0 saturated carbocycles. The smallest absolute Gasteiger partial charge is 0.109 e. The Hall–Kier alpha value is -1.16. The maximum Gasteiger partial charge on any atom is 0.109 e. The van der Waals surface area contributed by atoms with E-state index in [9.17, 15) is 5.11 Å². The molecule has 2 nitrogen and oxygen atoms in total. The van der Waals surface area contributed by atoms with Gasteiger partial charge in [-0.25, -0.2) is 0 Å². The lowest BCUT2D eigenvalue weighted by molar-refractivity contribution is -0.00530. The summed E-state index contributed by atoms with van der Waals surface area (Å²) in [4.78, 5) is 0. The molecule has 0 aromatic heterocycles. The lowest BCUT2D eigenvalue weighted by Gasteiger charge is -2.34. The lowest BCUT2D eigenvalue weighted by atomic mass is 9.81. The van der Waals surface area contributed by atoms with E-state index in [1.807, 2.05) is 43.3 Å². The second-order valence-corrected chi connectivity index (χ2v) is 6.22. The molecule has 1 aliphatic rings. The summed E-state index contributed by atoms with van der Waals surface area (Å²) >= 11 is 3.49. The topological polar surface area (TPSA) is 32.3 Å². The highest BCUT2D eigenvalue weighted by Gasteiger charge is 2.41. The fourth-order valence-electron chi connectivity index (χ4n) is 3.06. The number of hydrogen-bond donors (Lipinski definition) is 2. The van der Waals surface area contributed by atoms with E-state index >= 15 is 0 Å². The van der Waals surface area contributed by atoms with Crippen LogP contribution in [0, 0.1) is 0 Å². The Labute approximate surface area is 128 Å². The second-order valence-electron chi connectivity index (χ2n) is 5.30. The van der Waals surface area contributed by atoms with E-state index in [1.54, 1.807) is 0 Å². The van der Waals surface area contributed by atoms with Crippen molar-refractivity contribution in [3.8, 4) is 0 Å². The monoisotopic (exact) mass is 331 g/mol. The fraction of sp³-hybridized carbons (Fsp3) is 0.294. The first kappa shape index (κ1) is 13.8. The van der Waals surface area contributed by atoms with Crippen LogP contribution < -0.4 is 5.32 Å². The van der Waals surface area contributed by atoms with Crippen molar-refractivity contribution in [3.63, 3.8) is 0 Å². The first-order valence-electron chi connectivity index (χ1n) is 6.95. The molecule has 2 unspecified atom stereocenters. The lowest BCUT2D eigenvalue weighted by Crippen LogP contribution is -2.38. The van der Waals surface area contributed by atoms with Gasteiger partial charge in [0.2, 0.25) is 0 Å². The molecule has 104 valence electrons. The summed E-state index contributed by atoms with van der Waals surface area (Å²) in [5.74, 6) is 0. The summed E-state index contributed by atoms with van der Waals surface area (Å²) in [5, 5.41) is 14.7. The zero-order valence-corrected chi connectivity index (χ0v) is 13.0. The van der Waals surface area contributed by atoms with Gasteiger partial charge in [-0.15, -0.1) is 0 Å². The summed E-state index contributed by atoms with van der Waals surface area (Å²) in [6.45, 7) is 2.85. The van der Waals surface area contributed by atoms with Gasteiger partial charge in [0.15, 0.2) is 0 Å². The highest BCUT2D eigenvalue weighted by Crippen LogP contribution is 2.42. The minimum atomic E-state index is -0.892. The third kappa shape index (κ3) is 2.20. The number of rotatable bonds is 3. The molecule has 0 bridgehead atoms. The predicted octanol–water partition coefficient (Wildman–Crippen LogP) is 3.89.